The summed E-state index contributed by atoms with van der Waals surface area (Å²) in [5.41, 5.74) is 3.09. The van der Waals surface area contributed by atoms with Crippen molar-refractivity contribution in [3.63, 3.8) is 0 Å². The number of rotatable bonds is 7. The summed E-state index contributed by atoms with van der Waals surface area (Å²) in [4.78, 5) is 19.7. The molecule has 1 atom stereocenters. The van der Waals surface area contributed by atoms with E-state index < -0.39 is 0 Å². The lowest BCUT2D eigenvalue weighted by atomic mass is 9.92. The maximum absolute atomic E-state index is 12.7. The molecule has 0 spiro atoms. The molecule has 2 aromatic heterocycles. The van der Waals surface area contributed by atoms with Crippen LogP contribution in [0.25, 0.3) is 5.65 Å². The number of hydrogen-bond donors (Lipinski definition) is 1. The number of amides is 1. The molecule has 1 N–H and O–H groups in total. The molecule has 5 heteroatoms. The van der Waals surface area contributed by atoms with Gasteiger partial charge in [0.25, 0.3) is 0 Å². The molecule has 1 aliphatic rings. The second-order valence-electron chi connectivity index (χ2n) is 7.53. The predicted molar refractivity (Wildman–Crippen MR) is 111 cm³/mol. The fourth-order valence-corrected chi connectivity index (χ4v) is 4.08. The highest BCUT2D eigenvalue weighted by Crippen LogP contribution is 2.28. The number of aromatic nitrogens is 2. The molecule has 4 rings (SSSR count). The Balaban J connectivity index is 1.46. The molecule has 3 heterocycles. The lowest BCUT2D eigenvalue weighted by Gasteiger charge is -2.26. The van der Waals surface area contributed by atoms with Crippen molar-refractivity contribution < 1.29 is 4.79 Å². The number of pyridine rings is 1. The first-order chi connectivity index (χ1) is 13.8. The van der Waals surface area contributed by atoms with Crippen molar-refractivity contribution in [3.8, 4) is 0 Å². The summed E-state index contributed by atoms with van der Waals surface area (Å²) >= 11 is 0. The van der Waals surface area contributed by atoms with E-state index in [9.17, 15) is 4.79 Å². The van der Waals surface area contributed by atoms with Gasteiger partial charge in [0.2, 0.25) is 5.91 Å². The van der Waals surface area contributed by atoms with Crippen LogP contribution in [0.5, 0.6) is 0 Å². The third-order valence-electron chi connectivity index (χ3n) is 5.59. The van der Waals surface area contributed by atoms with Gasteiger partial charge < -0.3 is 14.6 Å². The first kappa shape index (κ1) is 18.7. The normalized spacial score (nSPS) is 16.1. The van der Waals surface area contributed by atoms with E-state index >= 15 is 0 Å². The second kappa shape index (κ2) is 9.02. The Labute approximate surface area is 166 Å². The Hall–Kier alpha value is -2.66. The number of carbonyl (C=O) groups is 1. The van der Waals surface area contributed by atoms with Gasteiger partial charge in [-0.25, -0.2) is 4.98 Å². The van der Waals surface area contributed by atoms with Crippen LogP contribution in [0.1, 0.15) is 42.9 Å². The summed E-state index contributed by atoms with van der Waals surface area (Å²) in [5, 5.41) is 3.13. The third-order valence-corrected chi connectivity index (χ3v) is 5.59. The molecule has 28 heavy (non-hydrogen) atoms. The molecule has 0 aliphatic carbocycles. The standard InChI is InChI=1S/C23H28N4O/c28-23(24-12-16-26-13-6-2-7-14-26)17-20(19-9-3-1-4-10-19)21-18-25-22-11-5-8-15-27(21)22/h1,3-5,8-11,15,18,20H,2,6-7,12-14,16-17H2,(H,24,28). The Bertz CT molecular complexity index is 899. The zero-order chi connectivity index (χ0) is 19.2. The third kappa shape index (κ3) is 4.42. The molecule has 3 aromatic rings. The molecule has 1 aromatic carbocycles. The van der Waals surface area contributed by atoms with Crippen LogP contribution in [0, 0.1) is 0 Å². The van der Waals surface area contributed by atoms with Crippen molar-refractivity contribution in [2.24, 2.45) is 0 Å². The number of likely N-dealkylation sites (tertiary alicyclic amines) is 1. The molecule has 5 nitrogen and oxygen atoms in total. The van der Waals surface area contributed by atoms with Crippen molar-refractivity contribution in [1.82, 2.24) is 19.6 Å². The predicted octanol–water partition coefficient (Wildman–Crippen LogP) is 3.46. The number of imidazole rings is 1. The van der Waals surface area contributed by atoms with Gasteiger partial charge in [0, 0.05) is 37.8 Å². The van der Waals surface area contributed by atoms with E-state index in [-0.39, 0.29) is 11.8 Å². The number of carbonyl (C=O) groups excluding carboxylic acids is 1. The van der Waals surface area contributed by atoms with Gasteiger partial charge in [-0.15, -0.1) is 0 Å². The number of nitrogens with zero attached hydrogens (tertiary/aromatic N) is 3. The van der Waals surface area contributed by atoms with E-state index in [0.29, 0.717) is 13.0 Å². The van der Waals surface area contributed by atoms with E-state index in [1.54, 1.807) is 0 Å². The number of fused-ring (bicyclic) bond motifs is 1. The smallest absolute Gasteiger partial charge is 0.221 e. The van der Waals surface area contributed by atoms with Gasteiger partial charge in [-0.1, -0.05) is 42.8 Å². The Morgan fingerprint density at radius 3 is 2.64 bits per heavy atom. The van der Waals surface area contributed by atoms with Crippen LogP contribution < -0.4 is 5.32 Å². The first-order valence-corrected chi connectivity index (χ1v) is 10.3. The minimum Gasteiger partial charge on any atom is -0.355 e. The Kier molecular flexibility index (Phi) is 6.02. The minimum atomic E-state index is -0.0198. The molecular weight excluding hydrogens is 348 g/mol. The Morgan fingerprint density at radius 2 is 1.82 bits per heavy atom. The zero-order valence-corrected chi connectivity index (χ0v) is 16.3. The van der Waals surface area contributed by atoms with Crippen molar-refractivity contribution in [2.45, 2.75) is 31.6 Å². The largest absolute Gasteiger partial charge is 0.355 e. The van der Waals surface area contributed by atoms with Crippen LogP contribution in [0.4, 0.5) is 0 Å². The maximum Gasteiger partial charge on any atom is 0.221 e. The summed E-state index contributed by atoms with van der Waals surface area (Å²) in [5.74, 6) is 0.0744. The molecule has 1 unspecified atom stereocenters. The van der Waals surface area contributed by atoms with Crippen molar-refractivity contribution in [3.05, 3.63) is 72.2 Å². The van der Waals surface area contributed by atoms with Gasteiger partial charge in [0.1, 0.15) is 5.65 Å². The SMILES string of the molecule is O=C(CC(c1ccccc1)c1cnc2ccccn12)NCCN1CCCCC1. The van der Waals surface area contributed by atoms with Gasteiger partial charge in [-0.3, -0.25) is 4.79 Å². The molecule has 0 radical (unpaired) electrons. The molecule has 1 fully saturated rings. The number of benzene rings is 1. The number of piperidine rings is 1. The monoisotopic (exact) mass is 376 g/mol. The molecule has 0 bridgehead atoms. The summed E-state index contributed by atoms with van der Waals surface area (Å²) in [6.45, 7) is 3.97. The average molecular weight is 377 g/mol. The van der Waals surface area contributed by atoms with Crippen LogP contribution in [-0.4, -0.2) is 46.4 Å². The Morgan fingerprint density at radius 1 is 1.04 bits per heavy atom. The fraction of sp³-hybridized carbons (Fsp3) is 0.391. The zero-order valence-electron chi connectivity index (χ0n) is 16.3. The fourth-order valence-electron chi connectivity index (χ4n) is 4.08. The van der Waals surface area contributed by atoms with E-state index in [1.807, 2.05) is 48.8 Å². The van der Waals surface area contributed by atoms with Crippen molar-refractivity contribution in [2.75, 3.05) is 26.2 Å². The molecule has 1 saturated heterocycles. The lowest BCUT2D eigenvalue weighted by Crippen LogP contribution is -2.38. The quantitative estimate of drug-likeness (QED) is 0.687. The highest BCUT2D eigenvalue weighted by molar-refractivity contribution is 5.77. The van der Waals surface area contributed by atoms with Crippen LogP contribution in [-0.2, 0) is 4.79 Å². The average Bonchev–Trinajstić information content (AvgIpc) is 3.17. The van der Waals surface area contributed by atoms with E-state index in [1.165, 1.54) is 19.3 Å². The van der Waals surface area contributed by atoms with E-state index in [0.717, 1.165) is 36.5 Å². The minimum absolute atomic E-state index is 0.0198. The molecule has 1 amide bonds. The summed E-state index contributed by atoms with van der Waals surface area (Å²) < 4.78 is 2.08. The van der Waals surface area contributed by atoms with Crippen LogP contribution in [0.2, 0.25) is 0 Å². The van der Waals surface area contributed by atoms with Gasteiger partial charge >= 0.3 is 0 Å². The van der Waals surface area contributed by atoms with Crippen molar-refractivity contribution >= 4 is 11.6 Å². The van der Waals surface area contributed by atoms with Gasteiger partial charge in [0.05, 0.1) is 5.69 Å². The highest BCUT2D eigenvalue weighted by Gasteiger charge is 2.21. The topological polar surface area (TPSA) is 49.6 Å². The molecular formula is C23H28N4O. The molecule has 1 aliphatic heterocycles. The number of hydrogen-bond acceptors (Lipinski definition) is 3. The first-order valence-electron chi connectivity index (χ1n) is 10.3. The molecule has 0 saturated carbocycles. The summed E-state index contributed by atoms with van der Waals surface area (Å²) in [6.07, 6.45) is 8.22. The van der Waals surface area contributed by atoms with Crippen LogP contribution >= 0.6 is 0 Å². The highest BCUT2D eigenvalue weighted by atomic mass is 16.1. The van der Waals surface area contributed by atoms with E-state index in [2.05, 4.69) is 31.7 Å². The summed E-state index contributed by atoms with van der Waals surface area (Å²) in [6, 6.07) is 16.2. The maximum atomic E-state index is 12.7. The van der Waals surface area contributed by atoms with Crippen molar-refractivity contribution in [1.29, 1.82) is 0 Å². The van der Waals surface area contributed by atoms with Gasteiger partial charge in [-0.05, 0) is 43.6 Å². The van der Waals surface area contributed by atoms with Gasteiger partial charge in [-0.2, -0.15) is 0 Å². The van der Waals surface area contributed by atoms with Crippen LogP contribution in [0.15, 0.2) is 60.9 Å². The molecule has 146 valence electrons. The van der Waals surface area contributed by atoms with Crippen LogP contribution in [0.3, 0.4) is 0 Å². The summed E-state index contributed by atoms with van der Waals surface area (Å²) in [7, 11) is 0. The lowest BCUT2D eigenvalue weighted by molar-refractivity contribution is -0.121. The second-order valence-corrected chi connectivity index (χ2v) is 7.53. The number of nitrogens with one attached hydrogen (secondary N) is 1. The van der Waals surface area contributed by atoms with E-state index in [4.69, 9.17) is 0 Å². The van der Waals surface area contributed by atoms with Gasteiger partial charge in [0.15, 0.2) is 0 Å².